The summed E-state index contributed by atoms with van der Waals surface area (Å²) in [4.78, 5) is 12.4. The van der Waals surface area contributed by atoms with E-state index in [0.717, 1.165) is 24.9 Å². The van der Waals surface area contributed by atoms with Gasteiger partial charge in [0.05, 0.1) is 4.90 Å². The van der Waals surface area contributed by atoms with Crippen molar-refractivity contribution in [3.8, 4) is 0 Å². The standard InChI is InChI=1S/C19H23N3O3S.ClH/c1-14-7-9-16(10-8-14)22-26(24,25)18-6-2-4-15(12-18)19(23)21-13-17-5-3-11-20-17;/h2,4,6-10,12,17,20,22H,3,5,11,13H2,1H3,(H,21,23);1H. The van der Waals surface area contributed by atoms with Gasteiger partial charge in [0.1, 0.15) is 0 Å². The quantitative estimate of drug-likeness (QED) is 0.684. The number of hydrogen-bond acceptors (Lipinski definition) is 4. The first-order valence-electron chi connectivity index (χ1n) is 8.65. The van der Waals surface area contributed by atoms with Crippen molar-refractivity contribution in [3.63, 3.8) is 0 Å². The van der Waals surface area contributed by atoms with Crippen molar-refractivity contribution >= 4 is 34.0 Å². The summed E-state index contributed by atoms with van der Waals surface area (Å²) in [6.07, 6.45) is 2.15. The molecule has 2 aromatic carbocycles. The molecule has 1 amide bonds. The molecule has 1 aliphatic heterocycles. The molecule has 0 radical (unpaired) electrons. The third kappa shape index (κ3) is 5.69. The summed E-state index contributed by atoms with van der Waals surface area (Å²) in [5.74, 6) is -0.272. The lowest BCUT2D eigenvalue weighted by Gasteiger charge is -2.12. The summed E-state index contributed by atoms with van der Waals surface area (Å²) in [5.41, 5.74) is 1.86. The van der Waals surface area contributed by atoms with Crippen LogP contribution >= 0.6 is 12.4 Å². The second-order valence-corrected chi connectivity index (χ2v) is 8.19. The molecular weight excluding hydrogens is 386 g/mol. The SMILES string of the molecule is Cc1ccc(NS(=O)(=O)c2cccc(C(=O)NCC3CCCN3)c2)cc1.Cl. The average Bonchev–Trinajstić information content (AvgIpc) is 3.15. The van der Waals surface area contributed by atoms with Crippen LogP contribution in [0.2, 0.25) is 0 Å². The number of rotatable bonds is 6. The normalized spacial score (nSPS) is 16.4. The van der Waals surface area contributed by atoms with Gasteiger partial charge in [0.2, 0.25) is 0 Å². The van der Waals surface area contributed by atoms with Gasteiger partial charge in [0, 0.05) is 23.8 Å². The fraction of sp³-hybridized carbons (Fsp3) is 0.316. The molecule has 27 heavy (non-hydrogen) atoms. The zero-order chi connectivity index (χ0) is 18.6. The lowest BCUT2D eigenvalue weighted by atomic mass is 10.2. The highest BCUT2D eigenvalue weighted by Crippen LogP contribution is 2.18. The maximum absolute atomic E-state index is 12.6. The lowest BCUT2D eigenvalue weighted by molar-refractivity contribution is 0.0950. The molecule has 1 atom stereocenters. The minimum atomic E-state index is -3.76. The zero-order valence-corrected chi connectivity index (χ0v) is 16.7. The fourth-order valence-corrected chi connectivity index (χ4v) is 3.99. The van der Waals surface area contributed by atoms with E-state index in [2.05, 4.69) is 15.4 Å². The summed E-state index contributed by atoms with van der Waals surface area (Å²) in [7, 11) is -3.76. The molecule has 1 aliphatic rings. The van der Waals surface area contributed by atoms with Gasteiger partial charge in [-0.15, -0.1) is 12.4 Å². The maximum atomic E-state index is 12.6. The first kappa shape index (κ1) is 21.2. The van der Waals surface area contributed by atoms with Gasteiger partial charge in [-0.1, -0.05) is 23.8 Å². The van der Waals surface area contributed by atoms with Crippen LogP contribution in [0, 0.1) is 6.92 Å². The van der Waals surface area contributed by atoms with Gasteiger partial charge in [-0.3, -0.25) is 9.52 Å². The van der Waals surface area contributed by atoms with E-state index in [1.54, 1.807) is 24.3 Å². The van der Waals surface area contributed by atoms with Crippen molar-refractivity contribution in [1.29, 1.82) is 0 Å². The summed E-state index contributed by atoms with van der Waals surface area (Å²) >= 11 is 0. The van der Waals surface area contributed by atoms with Crippen LogP contribution in [0.4, 0.5) is 5.69 Å². The predicted octanol–water partition coefficient (Wildman–Crippen LogP) is 2.70. The molecule has 1 fully saturated rings. The van der Waals surface area contributed by atoms with E-state index >= 15 is 0 Å². The molecule has 3 rings (SSSR count). The number of carbonyl (C=O) groups excluding carboxylic acids is 1. The molecule has 1 unspecified atom stereocenters. The monoisotopic (exact) mass is 409 g/mol. The molecule has 1 heterocycles. The number of halogens is 1. The van der Waals surface area contributed by atoms with Crippen LogP contribution < -0.4 is 15.4 Å². The summed E-state index contributed by atoms with van der Waals surface area (Å²) < 4.78 is 27.7. The van der Waals surface area contributed by atoms with E-state index in [1.165, 1.54) is 12.1 Å². The Morgan fingerprint density at radius 2 is 1.93 bits per heavy atom. The molecule has 0 aliphatic carbocycles. The lowest BCUT2D eigenvalue weighted by Crippen LogP contribution is -2.37. The van der Waals surface area contributed by atoms with Gasteiger partial charge < -0.3 is 10.6 Å². The van der Waals surface area contributed by atoms with E-state index in [-0.39, 0.29) is 29.3 Å². The van der Waals surface area contributed by atoms with Gasteiger partial charge >= 0.3 is 0 Å². The Kier molecular flexibility index (Phi) is 7.24. The summed E-state index contributed by atoms with van der Waals surface area (Å²) in [5, 5.41) is 6.17. The Balaban J connectivity index is 0.00000261. The first-order chi connectivity index (χ1) is 12.4. The zero-order valence-electron chi connectivity index (χ0n) is 15.1. The molecular formula is C19H24ClN3O3S. The van der Waals surface area contributed by atoms with Crippen LogP contribution in [0.15, 0.2) is 53.4 Å². The van der Waals surface area contributed by atoms with Crippen LogP contribution in [0.25, 0.3) is 0 Å². The van der Waals surface area contributed by atoms with Crippen molar-refractivity contribution in [2.75, 3.05) is 17.8 Å². The third-order valence-corrected chi connectivity index (χ3v) is 5.76. The van der Waals surface area contributed by atoms with Gasteiger partial charge in [-0.05, 0) is 56.6 Å². The van der Waals surface area contributed by atoms with Crippen LogP contribution in [0.1, 0.15) is 28.8 Å². The van der Waals surface area contributed by atoms with E-state index in [4.69, 9.17) is 0 Å². The number of aryl methyl sites for hydroxylation is 1. The fourth-order valence-electron chi connectivity index (χ4n) is 2.89. The number of anilines is 1. The van der Waals surface area contributed by atoms with Crippen molar-refractivity contribution in [1.82, 2.24) is 10.6 Å². The molecule has 0 aromatic heterocycles. The van der Waals surface area contributed by atoms with Crippen molar-refractivity contribution in [3.05, 3.63) is 59.7 Å². The Morgan fingerprint density at radius 3 is 2.59 bits per heavy atom. The maximum Gasteiger partial charge on any atom is 0.261 e. The van der Waals surface area contributed by atoms with Gasteiger partial charge in [0.15, 0.2) is 0 Å². The molecule has 3 N–H and O–H groups in total. The second kappa shape index (κ2) is 9.21. The van der Waals surface area contributed by atoms with Gasteiger partial charge in [-0.2, -0.15) is 0 Å². The molecule has 0 saturated carbocycles. The average molecular weight is 410 g/mol. The highest BCUT2D eigenvalue weighted by Gasteiger charge is 2.18. The van der Waals surface area contributed by atoms with Crippen LogP contribution in [-0.2, 0) is 10.0 Å². The van der Waals surface area contributed by atoms with E-state index in [0.29, 0.717) is 17.8 Å². The second-order valence-electron chi connectivity index (χ2n) is 6.50. The number of nitrogens with one attached hydrogen (secondary N) is 3. The Morgan fingerprint density at radius 1 is 1.19 bits per heavy atom. The van der Waals surface area contributed by atoms with Crippen LogP contribution in [0.3, 0.4) is 0 Å². The first-order valence-corrected chi connectivity index (χ1v) is 10.1. The Labute approximate surface area is 166 Å². The Bertz CT molecular complexity index is 879. The molecule has 146 valence electrons. The number of benzene rings is 2. The highest BCUT2D eigenvalue weighted by atomic mass is 35.5. The number of carbonyl (C=O) groups is 1. The molecule has 0 spiro atoms. The number of hydrogen-bond donors (Lipinski definition) is 3. The number of amides is 1. The largest absolute Gasteiger partial charge is 0.350 e. The summed E-state index contributed by atoms with van der Waals surface area (Å²) in [6.45, 7) is 3.44. The minimum absolute atomic E-state index is 0. The van der Waals surface area contributed by atoms with E-state index in [9.17, 15) is 13.2 Å². The van der Waals surface area contributed by atoms with E-state index < -0.39 is 10.0 Å². The molecule has 8 heteroatoms. The smallest absolute Gasteiger partial charge is 0.261 e. The Hall–Kier alpha value is -2.09. The molecule has 0 bridgehead atoms. The van der Waals surface area contributed by atoms with Crippen molar-refractivity contribution < 1.29 is 13.2 Å². The van der Waals surface area contributed by atoms with Crippen LogP contribution in [-0.4, -0.2) is 33.5 Å². The van der Waals surface area contributed by atoms with E-state index in [1.807, 2.05) is 19.1 Å². The molecule has 6 nitrogen and oxygen atoms in total. The predicted molar refractivity (Wildman–Crippen MR) is 109 cm³/mol. The van der Waals surface area contributed by atoms with Gasteiger partial charge in [-0.25, -0.2) is 8.42 Å². The third-order valence-electron chi connectivity index (χ3n) is 4.38. The van der Waals surface area contributed by atoms with Gasteiger partial charge in [0.25, 0.3) is 15.9 Å². The van der Waals surface area contributed by atoms with Crippen LogP contribution in [0.5, 0.6) is 0 Å². The topological polar surface area (TPSA) is 87.3 Å². The van der Waals surface area contributed by atoms with Crippen molar-refractivity contribution in [2.45, 2.75) is 30.7 Å². The molecule has 2 aromatic rings. The minimum Gasteiger partial charge on any atom is -0.350 e. The highest BCUT2D eigenvalue weighted by molar-refractivity contribution is 7.92. The van der Waals surface area contributed by atoms with Crippen molar-refractivity contribution in [2.24, 2.45) is 0 Å². The number of sulfonamides is 1. The summed E-state index contributed by atoms with van der Waals surface area (Å²) in [6, 6.07) is 13.4. The molecule has 1 saturated heterocycles.